The molecule has 0 saturated heterocycles. The average molecular weight is 482 g/mol. The Bertz CT molecular complexity index is 1080. The Morgan fingerprint density at radius 1 is 1.17 bits per heavy atom. The van der Waals surface area contributed by atoms with E-state index in [-0.39, 0.29) is 5.75 Å². The lowest BCUT2D eigenvalue weighted by Crippen LogP contribution is -2.26. The van der Waals surface area contributed by atoms with Gasteiger partial charge in [-0.05, 0) is 48.9 Å². The van der Waals surface area contributed by atoms with Gasteiger partial charge in [-0.2, -0.15) is 0 Å². The number of alkyl halides is 3. The number of anilines is 1. The van der Waals surface area contributed by atoms with Crippen molar-refractivity contribution in [3.8, 4) is 5.75 Å². The average Bonchev–Trinajstić information content (AvgIpc) is 3.29. The van der Waals surface area contributed by atoms with Gasteiger partial charge in [-0.15, -0.1) is 13.2 Å². The summed E-state index contributed by atoms with van der Waals surface area (Å²) < 4.78 is 47.6. The molecule has 0 fully saturated rings. The number of ether oxygens (including phenoxy) is 1. The number of hydrogen-bond donors (Lipinski definition) is 1. The van der Waals surface area contributed by atoms with Gasteiger partial charge in [-0.3, -0.25) is 0 Å². The molecule has 156 valence electrons. The first-order valence-electron chi connectivity index (χ1n) is 8.77. The lowest BCUT2D eigenvalue weighted by Gasteiger charge is -2.14. The number of nitrogens with one attached hydrogen (secondary N) is 1. The molecular weight excluding hydrogens is 467 g/mol. The van der Waals surface area contributed by atoms with Gasteiger partial charge in [0.2, 0.25) is 5.76 Å². The van der Waals surface area contributed by atoms with Crippen LogP contribution < -0.4 is 15.3 Å². The number of oxazole rings is 1. The topological polar surface area (TPSA) is 59.8 Å². The summed E-state index contributed by atoms with van der Waals surface area (Å²) in [6.07, 6.45) is -2.57. The second kappa shape index (κ2) is 8.04. The van der Waals surface area contributed by atoms with Gasteiger partial charge >= 0.3 is 6.36 Å². The van der Waals surface area contributed by atoms with Gasteiger partial charge in [-0.1, -0.05) is 33.7 Å². The van der Waals surface area contributed by atoms with Crippen LogP contribution in [-0.4, -0.2) is 11.3 Å². The summed E-state index contributed by atoms with van der Waals surface area (Å²) in [5, 5.41) is 1.49. The first-order chi connectivity index (χ1) is 14.3. The molecule has 1 aliphatic heterocycles. The molecule has 0 atom stereocenters. The molecule has 1 aliphatic rings. The molecule has 2 heterocycles. The van der Waals surface area contributed by atoms with Crippen molar-refractivity contribution in [1.29, 1.82) is 0 Å². The van der Waals surface area contributed by atoms with Crippen molar-refractivity contribution in [2.75, 3.05) is 5.01 Å². The fourth-order valence-electron chi connectivity index (χ4n) is 2.83. The van der Waals surface area contributed by atoms with Crippen LogP contribution in [0.15, 0.2) is 63.6 Å². The zero-order valence-electron chi connectivity index (χ0n) is 15.5. The van der Waals surface area contributed by atoms with Gasteiger partial charge in [0, 0.05) is 10.9 Å². The Labute approximate surface area is 178 Å². The molecule has 0 radical (unpaired) electrons. The minimum absolute atomic E-state index is 0.296. The van der Waals surface area contributed by atoms with Crippen LogP contribution in [0.3, 0.4) is 0 Å². The van der Waals surface area contributed by atoms with Gasteiger partial charge in [0.25, 0.3) is 5.89 Å². The second-order valence-corrected chi connectivity index (χ2v) is 7.35. The molecule has 1 N–H and O–H groups in total. The number of benzene rings is 2. The predicted octanol–water partition coefficient (Wildman–Crippen LogP) is 5.49. The highest BCUT2D eigenvalue weighted by Crippen LogP contribution is 2.29. The third-order valence-corrected chi connectivity index (χ3v) is 4.70. The van der Waals surface area contributed by atoms with E-state index in [4.69, 9.17) is 9.25 Å². The third kappa shape index (κ3) is 4.77. The number of hydrazine groups is 1. The van der Waals surface area contributed by atoms with Crippen molar-refractivity contribution in [3.63, 3.8) is 0 Å². The van der Waals surface area contributed by atoms with Crippen LogP contribution in [0, 0.1) is 6.92 Å². The van der Waals surface area contributed by atoms with Crippen molar-refractivity contribution in [1.82, 2.24) is 10.6 Å². The minimum atomic E-state index is -4.74. The number of rotatable bonds is 5. The van der Waals surface area contributed by atoms with Gasteiger partial charge < -0.3 is 14.0 Å². The molecule has 0 spiro atoms. The number of aryl methyl sites for hydroxylation is 1. The predicted molar refractivity (Wildman–Crippen MR) is 106 cm³/mol. The number of nitrogens with zero attached hydrogens (tertiary/aromatic N) is 2. The molecule has 0 unspecified atom stereocenters. The first kappa shape index (κ1) is 20.3. The summed E-state index contributed by atoms with van der Waals surface area (Å²) in [5.41, 5.74) is 4.99. The van der Waals surface area contributed by atoms with Crippen LogP contribution in [0.5, 0.6) is 5.75 Å². The lowest BCUT2D eigenvalue weighted by molar-refractivity contribution is -0.274. The molecule has 0 saturated carbocycles. The SMILES string of the molecule is Cc1nc(C2=CN(c3ccc(OC(F)(F)F)cc3)NO2)oc1Cc1cccc(Br)c1. The fraction of sp³-hybridized carbons (Fsp3) is 0.150. The van der Waals surface area contributed by atoms with Gasteiger partial charge in [-0.25, -0.2) is 9.99 Å². The standard InChI is InChI=1S/C20H15BrF3N3O3/c1-12-17(10-13-3-2-4-14(21)9-13)28-19(25-12)18-11-27(26-30-18)15-5-7-16(8-6-15)29-20(22,23)24/h2-9,11,26H,10H2,1H3. The van der Waals surface area contributed by atoms with E-state index in [9.17, 15) is 13.2 Å². The van der Waals surface area contributed by atoms with E-state index in [1.165, 1.54) is 29.3 Å². The fourth-order valence-corrected chi connectivity index (χ4v) is 3.28. The molecule has 30 heavy (non-hydrogen) atoms. The van der Waals surface area contributed by atoms with Gasteiger partial charge in [0.05, 0.1) is 17.6 Å². The van der Waals surface area contributed by atoms with E-state index in [0.29, 0.717) is 29.5 Å². The van der Waals surface area contributed by atoms with E-state index < -0.39 is 6.36 Å². The number of halogens is 4. The summed E-state index contributed by atoms with van der Waals surface area (Å²) in [5.74, 6) is 1.04. The smallest absolute Gasteiger partial charge is 0.438 e. The van der Waals surface area contributed by atoms with Crippen molar-refractivity contribution >= 4 is 27.4 Å². The minimum Gasteiger partial charge on any atom is -0.438 e. The van der Waals surface area contributed by atoms with E-state index >= 15 is 0 Å². The maximum Gasteiger partial charge on any atom is 0.573 e. The lowest BCUT2D eigenvalue weighted by atomic mass is 10.1. The zero-order chi connectivity index (χ0) is 21.3. The Kier molecular flexibility index (Phi) is 5.44. The molecule has 6 nitrogen and oxygen atoms in total. The van der Waals surface area contributed by atoms with Crippen LogP contribution in [0.1, 0.15) is 22.9 Å². The maximum absolute atomic E-state index is 12.3. The van der Waals surface area contributed by atoms with Gasteiger partial charge in [0.15, 0.2) is 0 Å². The zero-order valence-corrected chi connectivity index (χ0v) is 17.1. The van der Waals surface area contributed by atoms with E-state index in [2.05, 4.69) is 31.2 Å². The third-order valence-electron chi connectivity index (χ3n) is 4.21. The Morgan fingerprint density at radius 2 is 1.93 bits per heavy atom. The van der Waals surface area contributed by atoms with Gasteiger partial charge in [0.1, 0.15) is 11.5 Å². The highest BCUT2D eigenvalue weighted by molar-refractivity contribution is 9.10. The largest absolute Gasteiger partial charge is 0.573 e. The molecule has 0 aliphatic carbocycles. The summed E-state index contributed by atoms with van der Waals surface area (Å²) >= 11 is 3.45. The number of hydrogen-bond acceptors (Lipinski definition) is 6. The monoisotopic (exact) mass is 481 g/mol. The van der Waals surface area contributed by atoms with Crippen LogP contribution in [0.4, 0.5) is 18.9 Å². The van der Waals surface area contributed by atoms with Crippen molar-refractivity contribution in [2.24, 2.45) is 0 Å². The molecule has 4 rings (SSSR count). The Hall–Kier alpha value is -2.98. The number of aromatic nitrogens is 1. The Balaban J connectivity index is 1.48. The molecule has 10 heteroatoms. The Morgan fingerprint density at radius 3 is 2.63 bits per heavy atom. The van der Waals surface area contributed by atoms with E-state index in [1.54, 1.807) is 6.20 Å². The molecule has 3 aromatic rings. The molecular formula is C20H15BrF3N3O3. The van der Waals surface area contributed by atoms with E-state index in [1.807, 2.05) is 31.2 Å². The normalized spacial score (nSPS) is 13.9. The summed E-state index contributed by atoms with van der Waals surface area (Å²) in [7, 11) is 0. The maximum atomic E-state index is 12.3. The molecule has 0 amide bonds. The quantitative estimate of drug-likeness (QED) is 0.519. The van der Waals surface area contributed by atoms with Crippen molar-refractivity contribution < 1.29 is 27.2 Å². The van der Waals surface area contributed by atoms with E-state index in [0.717, 1.165) is 15.7 Å². The van der Waals surface area contributed by atoms with Crippen LogP contribution in [0.2, 0.25) is 0 Å². The van der Waals surface area contributed by atoms with Crippen LogP contribution in [0.25, 0.3) is 5.76 Å². The second-order valence-electron chi connectivity index (χ2n) is 6.43. The van der Waals surface area contributed by atoms with Crippen molar-refractivity contribution in [2.45, 2.75) is 19.7 Å². The summed E-state index contributed by atoms with van der Waals surface area (Å²) in [6.45, 7) is 1.85. The highest BCUT2D eigenvalue weighted by atomic mass is 79.9. The van der Waals surface area contributed by atoms with Crippen LogP contribution in [-0.2, 0) is 11.3 Å². The summed E-state index contributed by atoms with van der Waals surface area (Å²) in [4.78, 5) is 9.83. The molecule has 1 aromatic heterocycles. The van der Waals surface area contributed by atoms with Crippen LogP contribution >= 0.6 is 15.9 Å². The molecule has 0 bridgehead atoms. The first-order valence-corrected chi connectivity index (χ1v) is 9.56. The molecule has 2 aromatic carbocycles. The van der Waals surface area contributed by atoms with Crippen molar-refractivity contribution in [3.05, 3.63) is 82.1 Å². The summed E-state index contributed by atoms with van der Waals surface area (Å²) in [6, 6.07) is 13.2. The highest BCUT2D eigenvalue weighted by Gasteiger charge is 2.31.